The molecular formula is C19H26N2. The third kappa shape index (κ3) is 2.15. The van der Waals surface area contributed by atoms with Crippen LogP contribution in [0.1, 0.15) is 55.2 Å². The molecule has 5 aliphatic rings. The number of benzene rings is 1. The maximum absolute atomic E-state index is 4.01. The monoisotopic (exact) mass is 282 g/mol. The van der Waals surface area contributed by atoms with E-state index in [0.29, 0.717) is 5.54 Å². The zero-order chi connectivity index (χ0) is 13.9. The zero-order valence-corrected chi connectivity index (χ0v) is 12.8. The van der Waals surface area contributed by atoms with Gasteiger partial charge in [0.15, 0.2) is 0 Å². The van der Waals surface area contributed by atoms with Gasteiger partial charge in [-0.1, -0.05) is 18.2 Å². The van der Waals surface area contributed by atoms with Gasteiger partial charge in [-0.05, 0) is 73.0 Å². The summed E-state index contributed by atoms with van der Waals surface area (Å²) in [5, 5.41) is 7.46. The van der Waals surface area contributed by atoms with Crippen molar-refractivity contribution in [3.8, 4) is 0 Å². The van der Waals surface area contributed by atoms with Crippen LogP contribution in [0.15, 0.2) is 18.2 Å². The highest BCUT2D eigenvalue weighted by molar-refractivity contribution is 5.34. The number of hydrogen-bond acceptors (Lipinski definition) is 2. The van der Waals surface area contributed by atoms with Crippen LogP contribution in [0.25, 0.3) is 0 Å². The Morgan fingerprint density at radius 2 is 1.62 bits per heavy atom. The highest BCUT2D eigenvalue weighted by Gasteiger charge is 2.50. The molecule has 4 bridgehead atoms. The SMILES string of the molecule is c1cc2c(cc1CNC13CC4CC(CC(C4)C1)C3)CNC2. The smallest absolute Gasteiger partial charge is 0.0212 e. The fourth-order valence-corrected chi connectivity index (χ4v) is 6.07. The summed E-state index contributed by atoms with van der Waals surface area (Å²) in [6, 6.07) is 7.08. The summed E-state index contributed by atoms with van der Waals surface area (Å²) >= 11 is 0. The molecule has 21 heavy (non-hydrogen) atoms. The molecule has 4 saturated carbocycles. The summed E-state index contributed by atoms with van der Waals surface area (Å²) in [6.07, 6.45) is 8.95. The largest absolute Gasteiger partial charge is 0.309 e. The van der Waals surface area contributed by atoms with E-state index in [9.17, 15) is 0 Å². The first-order valence-electron chi connectivity index (χ1n) is 8.84. The van der Waals surface area contributed by atoms with Crippen LogP contribution in [0.2, 0.25) is 0 Å². The lowest BCUT2D eigenvalue weighted by molar-refractivity contribution is -0.0206. The van der Waals surface area contributed by atoms with E-state index in [-0.39, 0.29) is 0 Å². The van der Waals surface area contributed by atoms with E-state index in [1.54, 1.807) is 0 Å². The van der Waals surface area contributed by atoms with E-state index in [1.807, 2.05) is 0 Å². The molecule has 6 rings (SSSR count). The first-order valence-corrected chi connectivity index (χ1v) is 8.84. The summed E-state index contributed by atoms with van der Waals surface area (Å²) < 4.78 is 0. The number of nitrogens with one attached hydrogen (secondary N) is 2. The van der Waals surface area contributed by atoms with E-state index in [1.165, 1.54) is 55.2 Å². The van der Waals surface area contributed by atoms with Gasteiger partial charge in [-0.2, -0.15) is 0 Å². The van der Waals surface area contributed by atoms with Crippen molar-refractivity contribution >= 4 is 0 Å². The molecule has 1 aromatic carbocycles. The molecule has 0 atom stereocenters. The van der Waals surface area contributed by atoms with Gasteiger partial charge in [-0.25, -0.2) is 0 Å². The average molecular weight is 282 g/mol. The van der Waals surface area contributed by atoms with Crippen molar-refractivity contribution in [2.45, 2.75) is 63.7 Å². The lowest BCUT2D eigenvalue weighted by atomic mass is 9.53. The normalized spacial score (nSPS) is 39.7. The molecule has 112 valence electrons. The Bertz CT molecular complexity index is 527. The van der Waals surface area contributed by atoms with Crippen molar-refractivity contribution in [3.05, 3.63) is 34.9 Å². The highest BCUT2D eigenvalue weighted by Crippen LogP contribution is 2.55. The highest BCUT2D eigenvalue weighted by atomic mass is 15.0. The topological polar surface area (TPSA) is 24.1 Å². The van der Waals surface area contributed by atoms with E-state index < -0.39 is 0 Å². The number of fused-ring (bicyclic) bond motifs is 1. The second-order valence-electron chi connectivity index (χ2n) is 8.26. The summed E-state index contributed by atoms with van der Waals surface area (Å²) in [5.41, 5.74) is 4.98. The first kappa shape index (κ1) is 12.7. The Hall–Kier alpha value is -0.860. The van der Waals surface area contributed by atoms with E-state index >= 15 is 0 Å². The van der Waals surface area contributed by atoms with Crippen LogP contribution in [0.5, 0.6) is 0 Å². The Morgan fingerprint density at radius 3 is 2.33 bits per heavy atom. The Balaban J connectivity index is 1.32. The van der Waals surface area contributed by atoms with E-state index in [2.05, 4.69) is 28.8 Å². The molecule has 0 unspecified atom stereocenters. The summed E-state index contributed by atoms with van der Waals surface area (Å²) in [5.74, 6) is 3.11. The zero-order valence-electron chi connectivity index (χ0n) is 12.8. The molecular weight excluding hydrogens is 256 g/mol. The summed E-state index contributed by atoms with van der Waals surface area (Å²) in [7, 11) is 0. The predicted molar refractivity (Wildman–Crippen MR) is 84.7 cm³/mol. The molecule has 2 N–H and O–H groups in total. The molecule has 0 aromatic heterocycles. The van der Waals surface area contributed by atoms with Crippen LogP contribution in [0.3, 0.4) is 0 Å². The maximum Gasteiger partial charge on any atom is 0.0212 e. The fraction of sp³-hybridized carbons (Fsp3) is 0.684. The average Bonchev–Trinajstić information content (AvgIpc) is 2.91. The molecule has 1 aliphatic heterocycles. The van der Waals surface area contributed by atoms with Gasteiger partial charge in [0, 0.05) is 25.2 Å². The Kier molecular flexibility index (Phi) is 2.75. The van der Waals surface area contributed by atoms with Crippen LogP contribution in [0.4, 0.5) is 0 Å². The minimum Gasteiger partial charge on any atom is -0.309 e. The molecule has 1 aromatic rings. The van der Waals surface area contributed by atoms with Gasteiger partial charge < -0.3 is 10.6 Å². The Labute approximate surface area is 127 Å². The summed E-state index contributed by atoms with van der Waals surface area (Å²) in [4.78, 5) is 0. The van der Waals surface area contributed by atoms with Crippen LogP contribution in [-0.4, -0.2) is 5.54 Å². The molecule has 4 aliphatic carbocycles. The maximum atomic E-state index is 4.01. The lowest BCUT2D eigenvalue weighted by Crippen LogP contribution is -2.58. The molecule has 0 saturated heterocycles. The predicted octanol–water partition coefficient (Wildman–Crippen LogP) is 3.35. The second kappa shape index (κ2) is 4.57. The van der Waals surface area contributed by atoms with Crippen molar-refractivity contribution in [2.75, 3.05) is 0 Å². The van der Waals surface area contributed by atoms with Gasteiger partial charge in [0.1, 0.15) is 0 Å². The van der Waals surface area contributed by atoms with Gasteiger partial charge in [-0.15, -0.1) is 0 Å². The minimum absolute atomic E-state index is 0.492. The molecule has 4 fully saturated rings. The van der Waals surface area contributed by atoms with Crippen molar-refractivity contribution in [1.82, 2.24) is 10.6 Å². The van der Waals surface area contributed by atoms with Crippen LogP contribution in [-0.2, 0) is 19.6 Å². The number of hydrogen-bond donors (Lipinski definition) is 2. The van der Waals surface area contributed by atoms with E-state index in [0.717, 1.165) is 37.4 Å². The van der Waals surface area contributed by atoms with Crippen molar-refractivity contribution in [3.63, 3.8) is 0 Å². The molecule has 0 spiro atoms. The van der Waals surface area contributed by atoms with Crippen LogP contribution in [0, 0.1) is 17.8 Å². The quantitative estimate of drug-likeness (QED) is 0.888. The first-order chi connectivity index (χ1) is 10.3. The standard InChI is InChI=1S/C19H26N2/c1-2-17-11-20-12-18(17)6-13(1)10-21-19-7-14-3-15(8-19)5-16(4-14)9-19/h1-2,6,14-16,20-21H,3-5,7-12H2. The van der Waals surface area contributed by atoms with Gasteiger partial charge >= 0.3 is 0 Å². The molecule has 2 nitrogen and oxygen atoms in total. The molecule has 0 amide bonds. The van der Waals surface area contributed by atoms with Gasteiger partial charge in [0.25, 0.3) is 0 Å². The molecule has 2 heteroatoms. The lowest BCUT2D eigenvalue weighted by Gasteiger charge is -2.57. The van der Waals surface area contributed by atoms with Gasteiger partial charge in [0.05, 0.1) is 0 Å². The van der Waals surface area contributed by atoms with Gasteiger partial charge in [-0.3, -0.25) is 0 Å². The second-order valence-corrected chi connectivity index (χ2v) is 8.26. The number of rotatable bonds is 3. The Morgan fingerprint density at radius 1 is 0.952 bits per heavy atom. The molecule has 1 heterocycles. The van der Waals surface area contributed by atoms with Crippen molar-refractivity contribution in [1.29, 1.82) is 0 Å². The summed E-state index contributed by atoms with van der Waals surface area (Å²) in [6.45, 7) is 3.18. The molecule has 0 radical (unpaired) electrons. The fourth-order valence-electron chi connectivity index (χ4n) is 6.07. The van der Waals surface area contributed by atoms with Crippen molar-refractivity contribution < 1.29 is 0 Å². The van der Waals surface area contributed by atoms with E-state index in [4.69, 9.17) is 0 Å². The third-order valence-electron chi connectivity index (χ3n) is 6.61. The van der Waals surface area contributed by atoms with Crippen LogP contribution >= 0.6 is 0 Å². The van der Waals surface area contributed by atoms with Gasteiger partial charge in [0.2, 0.25) is 0 Å². The third-order valence-corrected chi connectivity index (χ3v) is 6.61. The van der Waals surface area contributed by atoms with Crippen LogP contribution < -0.4 is 10.6 Å². The van der Waals surface area contributed by atoms with Crippen molar-refractivity contribution in [2.24, 2.45) is 17.8 Å². The minimum atomic E-state index is 0.492.